The predicted molar refractivity (Wildman–Crippen MR) is 116 cm³/mol. The number of anilines is 1. The van der Waals surface area contributed by atoms with E-state index in [0.29, 0.717) is 17.0 Å². The third kappa shape index (κ3) is 3.70. The number of aromatic amines is 1. The van der Waals surface area contributed by atoms with Crippen LogP contribution in [0.2, 0.25) is 0 Å². The number of benzene rings is 3. The molecule has 7 heteroatoms. The van der Waals surface area contributed by atoms with Crippen molar-refractivity contribution in [3.05, 3.63) is 75.9 Å². The fourth-order valence-corrected chi connectivity index (χ4v) is 4.64. The Morgan fingerprint density at radius 1 is 1.00 bits per heavy atom. The standard InChI is InChI=1S/C20H16IN3O2S/c1-13-11-15(21)7-9-17(13)24-27(25,26)16-8-10-18-19(12-16)23-20(22-18)14-5-3-2-4-6-14/h2-12,24H,1H3,(H,22,23). The Morgan fingerprint density at radius 3 is 2.52 bits per heavy atom. The van der Waals surface area contributed by atoms with Crippen molar-refractivity contribution in [3.63, 3.8) is 0 Å². The highest BCUT2D eigenvalue weighted by atomic mass is 127. The van der Waals surface area contributed by atoms with Gasteiger partial charge in [0, 0.05) is 9.13 Å². The first-order valence-electron chi connectivity index (χ1n) is 8.26. The average Bonchev–Trinajstić information content (AvgIpc) is 3.08. The third-order valence-corrected chi connectivity index (χ3v) is 6.28. The molecule has 0 radical (unpaired) electrons. The molecule has 4 aromatic rings. The molecule has 0 atom stereocenters. The molecule has 136 valence electrons. The van der Waals surface area contributed by atoms with Crippen LogP contribution in [0.4, 0.5) is 5.69 Å². The van der Waals surface area contributed by atoms with E-state index in [2.05, 4.69) is 37.3 Å². The molecule has 2 N–H and O–H groups in total. The van der Waals surface area contributed by atoms with Gasteiger partial charge in [0.1, 0.15) is 5.82 Å². The summed E-state index contributed by atoms with van der Waals surface area (Å²) < 4.78 is 29.3. The lowest BCUT2D eigenvalue weighted by molar-refractivity contribution is 0.601. The maximum absolute atomic E-state index is 12.8. The Kier molecular flexibility index (Phi) is 4.65. The van der Waals surface area contributed by atoms with Gasteiger partial charge in [-0.15, -0.1) is 0 Å². The Morgan fingerprint density at radius 2 is 1.78 bits per heavy atom. The van der Waals surface area contributed by atoms with Crippen LogP contribution in [0, 0.1) is 10.5 Å². The molecule has 0 aliphatic heterocycles. The van der Waals surface area contributed by atoms with E-state index in [0.717, 1.165) is 20.2 Å². The molecular formula is C20H16IN3O2S. The van der Waals surface area contributed by atoms with Crippen LogP contribution in [-0.4, -0.2) is 18.4 Å². The monoisotopic (exact) mass is 489 g/mol. The number of hydrogen-bond acceptors (Lipinski definition) is 3. The summed E-state index contributed by atoms with van der Waals surface area (Å²) >= 11 is 2.20. The zero-order valence-electron chi connectivity index (χ0n) is 14.4. The summed E-state index contributed by atoms with van der Waals surface area (Å²) in [6.07, 6.45) is 0. The molecular weight excluding hydrogens is 473 g/mol. The zero-order valence-corrected chi connectivity index (χ0v) is 17.4. The molecule has 27 heavy (non-hydrogen) atoms. The highest BCUT2D eigenvalue weighted by molar-refractivity contribution is 14.1. The van der Waals surface area contributed by atoms with Gasteiger partial charge in [-0.1, -0.05) is 30.3 Å². The quantitative estimate of drug-likeness (QED) is 0.399. The normalized spacial score (nSPS) is 11.6. The summed E-state index contributed by atoms with van der Waals surface area (Å²) in [5, 5.41) is 0. The molecule has 0 amide bonds. The SMILES string of the molecule is Cc1cc(I)ccc1NS(=O)(=O)c1ccc2nc(-c3ccccc3)[nH]c2c1. The lowest BCUT2D eigenvalue weighted by Gasteiger charge is -2.11. The van der Waals surface area contributed by atoms with E-state index in [4.69, 9.17) is 0 Å². The molecule has 0 bridgehead atoms. The largest absolute Gasteiger partial charge is 0.338 e. The van der Waals surface area contributed by atoms with Gasteiger partial charge in [-0.25, -0.2) is 13.4 Å². The minimum Gasteiger partial charge on any atom is -0.338 e. The second-order valence-electron chi connectivity index (χ2n) is 6.20. The lowest BCUT2D eigenvalue weighted by Crippen LogP contribution is -2.13. The maximum Gasteiger partial charge on any atom is 0.261 e. The van der Waals surface area contributed by atoms with Crippen molar-refractivity contribution in [2.45, 2.75) is 11.8 Å². The highest BCUT2D eigenvalue weighted by Gasteiger charge is 2.17. The van der Waals surface area contributed by atoms with Crippen LogP contribution in [0.5, 0.6) is 0 Å². The van der Waals surface area contributed by atoms with Gasteiger partial charge in [0.2, 0.25) is 0 Å². The minimum atomic E-state index is -3.70. The topological polar surface area (TPSA) is 74.8 Å². The average molecular weight is 489 g/mol. The molecule has 0 aliphatic carbocycles. The summed E-state index contributed by atoms with van der Waals surface area (Å²) in [6.45, 7) is 1.88. The molecule has 1 aromatic heterocycles. The number of imidazole rings is 1. The Balaban J connectivity index is 1.70. The molecule has 0 aliphatic rings. The van der Waals surface area contributed by atoms with Crippen LogP contribution in [0.1, 0.15) is 5.56 Å². The van der Waals surface area contributed by atoms with Crippen LogP contribution in [-0.2, 0) is 10.0 Å². The Labute approximate surface area is 171 Å². The highest BCUT2D eigenvalue weighted by Crippen LogP contribution is 2.25. The summed E-state index contributed by atoms with van der Waals surface area (Å²) in [5.74, 6) is 0.710. The van der Waals surface area contributed by atoms with Gasteiger partial charge in [0.05, 0.1) is 21.6 Å². The zero-order chi connectivity index (χ0) is 19.0. The van der Waals surface area contributed by atoms with Gasteiger partial charge in [-0.05, 0) is 71.5 Å². The number of rotatable bonds is 4. The molecule has 3 aromatic carbocycles. The summed E-state index contributed by atoms with van der Waals surface area (Å²) in [7, 11) is -3.70. The molecule has 1 heterocycles. The van der Waals surface area contributed by atoms with Gasteiger partial charge in [0.15, 0.2) is 0 Å². The van der Waals surface area contributed by atoms with Gasteiger partial charge in [-0.3, -0.25) is 4.72 Å². The first kappa shape index (κ1) is 18.0. The van der Waals surface area contributed by atoms with Gasteiger partial charge in [-0.2, -0.15) is 0 Å². The van der Waals surface area contributed by atoms with Crippen LogP contribution < -0.4 is 4.72 Å². The summed E-state index contributed by atoms with van der Waals surface area (Å²) in [5.41, 5.74) is 3.80. The van der Waals surface area contributed by atoms with Crippen molar-refractivity contribution >= 4 is 49.3 Å². The minimum absolute atomic E-state index is 0.191. The number of fused-ring (bicyclic) bond motifs is 1. The van der Waals surface area contributed by atoms with E-state index >= 15 is 0 Å². The fraction of sp³-hybridized carbons (Fsp3) is 0.0500. The van der Waals surface area contributed by atoms with Crippen LogP contribution in [0.3, 0.4) is 0 Å². The van der Waals surface area contributed by atoms with Gasteiger partial charge in [0.25, 0.3) is 10.0 Å². The van der Waals surface area contributed by atoms with Crippen LogP contribution in [0.15, 0.2) is 71.6 Å². The van der Waals surface area contributed by atoms with Crippen molar-refractivity contribution in [2.24, 2.45) is 0 Å². The molecule has 4 rings (SSSR count). The van der Waals surface area contributed by atoms with Crippen LogP contribution >= 0.6 is 22.6 Å². The van der Waals surface area contributed by atoms with E-state index in [9.17, 15) is 8.42 Å². The lowest BCUT2D eigenvalue weighted by atomic mass is 10.2. The van der Waals surface area contributed by atoms with Crippen molar-refractivity contribution in [2.75, 3.05) is 4.72 Å². The van der Waals surface area contributed by atoms with E-state index in [1.165, 1.54) is 0 Å². The number of halogens is 1. The van der Waals surface area contributed by atoms with E-state index in [-0.39, 0.29) is 4.90 Å². The first-order chi connectivity index (χ1) is 12.9. The van der Waals surface area contributed by atoms with Gasteiger partial charge >= 0.3 is 0 Å². The first-order valence-corrected chi connectivity index (χ1v) is 10.8. The van der Waals surface area contributed by atoms with E-state index in [1.54, 1.807) is 24.3 Å². The van der Waals surface area contributed by atoms with E-state index in [1.807, 2.05) is 49.4 Å². The van der Waals surface area contributed by atoms with E-state index < -0.39 is 10.0 Å². The number of H-pyrrole nitrogens is 1. The smallest absolute Gasteiger partial charge is 0.261 e. The predicted octanol–water partition coefficient (Wildman–Crippen LogP) is 4.94. The summed E-state index contributed by atoms with van der Waals surface area (Å²) in [6, 6.07) is 20.2. The molecule has 0 unspecified atom stereocenters. The number of nitrogens with zero attached hydrogens (tertiary/aromatic N) is 1. The van der Waals surface area contributed by atoms with Gasteiger partial charge < -0.3 is 4.98 Å². The Hall–Kier alpha value is -2.39. The number of sulfonamides is 1. The van der Waals surface area contributed by atoms with Crippen molar-refractivity contribution < 1.29 is 8.42 Å². The van der Waals surface area contributed by atoms with Crippen LogP contribution in [0.25, 0.3) is 22.4 Å². The second kappa shape index (κ2) is 6.97. The molecule has 0 saturated heterocycles. The third-order valence-electron chi connectivity index (χ3n) is 4.24. The number of aromatic nitrogens is 2. The molecule has 0 fully saturated rings. The molecule has 0 spiro atoms. The molecule has 0 saturated carbocycles. The molecule has 5 nitrogen and oxygen atoms in total. The van der Waals surface area contributed by atoms with Crippen molar-refractivity contribution in [1.29, 1.82) is 0 Å². The second-order valence-corrected chi connectivity index (χ2v) is 9.12. The number of hydrogen-bond donors (Lipinski definition) is 2. The number of nitrogens with one attached hydrogen (secondary N) is 2. The maximum atomic E-state index is 12.8. The number of aryl methyl sites for hydroxylation is 1. The van der Waals surface area contributed by atoms with Crippen molar-refractivity contribution in [1.82, 2.24) is 9.97 Å². The summed E-state index contributed by atoms with van der Waals surface area (Å²) in [4.78, 5) is 7.94. The Bertz CT molecular complexity index is 1230. The van der Waals surface area contributed by atoms with Crippen molar-refractivity contribution in [3.8, 4) is 11.4 Å². The fourth-order valence-electron chi connectivity index (χ4n) is 2.83.